The Balaban J connectivity index is 2.53. The van der Waals surface area contributed by atoms with Gasteiger partial charge in [-0.1, -0.05) is 19.1 Å². The normalized spacial score (nSPS) is 13.2. The van der Waals surface area contributed by atoms with Crippen LogP contribution < -0.4 is 10.1 Å². The third-order valence-electron chi connectivity index (χ3n) is 3.71. The highest BCUT2D eigenvalue weighted by Crippen LogP contribution is 2.25. The smallest absolute Gasteiger partial charge is 0.303 e. The van der Waals surface area contributed by atoms with Crippen LogP contribution in [-0.2, 0) is 9.59 Å². The van der Waals surface area contributed by atoms with Gasteiger partial charge in [0.25, 0.3) is 0 Å². The van der Waals surface area contributed by atoms with Gasteiger partial charge in [0.05, 0.1) is 7.11 Å². The molecular weight excluding hydrogens is 282 g/mol. The molecule has 0 aliphatic carbocycles. The average molecular weight is 307 g/mol. The van der Waals surface area contributed by atoms with Crippen LogP contribution in [0.3, 0.4) is 0 Å². The summed E-state index contributed by atoms with van der Waals surface area (Å²) in [7, 11) is 1.62. The number of carboxylic acids is 1. The third-order valence-corrected chi connectivity index (χ3v) is 3.71. The van der Waals surface area contributed by atoms with E-state index >= 15 is 0 Å². The number of carbonyl (C=O) groups is 2. The first-order valence-electron chi connectivity index (χ1n) is 7.61. The van der Waals surface area contributed by atoms with Gasteiger partial charge in [0.1, 0.15) is 5.75 Å². The summed E-state index contributed by atoms with van der Waals surface area (Å²) in [5.74, 6) is 0.0641. The highest BCUT2D eigenvalue weighted by Gasteiger charge is 2.16. The van der Waals surface area contributed by atoms with E-state index < -0.39 is 5.97 Å². The van der Waals surface area contributed by atoms with Gasteiger partial charge >= 0.3 is 5.97 Å². The molecule has 122 valence electrons. The van der Waals surface area contributed by atoms with Gasteiger partial charge in [-0.25, -0.2) is 0 Å². The second-order valence-electron chi connectivity index (χ2n) is 5.48. The molecule has 1 rings (SSSR count). The van der Waals surface area contributed by atoms with Crippen LogP contribution in [0.2, 0.25) is 0 Å². The van der Waals surface area contributed by atoms with Crippen LogP contribution in [0.1, 0.15) is 51.0 Å². The number of carbonyl (C=O) groups excluding carboxylic acids is 1. The first-order chi connectivity index (χ1) is 10.5. The van der Waals surface area contributed by atoms with Crippen molar-refractivity contribution in [3.05, 3.63) is 29.8 Å². The number of methoxy groups -OCH3 is 1. The van der Waals surface area contributed by atoms with E-state index in [1.807, 2.05) is 31.2 Å². The highest BCUT2D eigenvalue weighted by atomic mass is 16.5. The average Bonchev–Trinajstić information content (AvgIpc) is 2.50. The number of amides is 1. The van der Waals surface area contributed by atoms with Gasteiger partial charge in [-0.15, -0.1) is 0 Å². The van der Waals surface area contributed by atoms with Crippen molar-refractivity contribution in [2.24, 2.45) is 0 Å². The predicted molar refractivity (Wildman–Crippen MR) is 85.1 cm³/mol. The number of hydrogen-bond acceptors (Lipinski definition) is 3. The lowest BCUT2D eigenvalue weighted by molar-refractivity contribution is -0.137. The molecule has 0 saturated heterocycles. The molecule has 0 radical (unpaired) electrons. The summed E-state index contributed by atoms with van der Waals surface area (Å²) in [6.07, 6.45) is 1.78. The molecule has 2 unspecified atom stereocenters. The first kappa shape index (κ1) is 18.0. The van der Waals surface area contributed by atoms with E-state index in [2.05, 4.69) is 12.2 Å². The van der Waals surface area contributed by atoms with E-state index in [9.17, 15) is 9.59 Å². The zero-order chi connectivity index (χ0) is 16.5. The minimum atomic E-state index is -0.842. The Morgan fingerprint density at radius 2 is 1.91 bits per heavy atom. The van der Waals surface area contributed by atoms with Crippen molar-refractivity contribution in [1.82, 2.24) is 5.32 Å². The molecule has 0 heterocycles. The van der Waals surface area contributed by atoms with Crippen molar-refractivity contribution in [3.63, 3.8) is 0 Å². The van der Waals surface area contributed by atoms with E-state index in [1.165, 1.54) is 0 Å². The van der Waals surface area contributed by atoms with E-state index in [0.29, 0.717) is 12.8 Å². The number of rotatable bonds is 9. The maximum atomic E-state index is 12.1. The zero-order valence-electron chi connectivity index (χ0n) is 13.5. The summed E-state index contributed by atoms with van der Waals surface area (Å²) in [4.78, 5) is 22.6. The minimum absolute atomic E-state index is 0.0412. The number of hydrogen-bond donors (Lipinski definition) is 2. The fourth-order valence-corrected chi connectivity index (χ4v) is 2.34. The van der Waals surface area contributed by atoms with Crippen LogP contribution in [-0.4, -0.2) is 30.1 Å². The van der Waals surface area contributed by atoms with Gasteiger partial charge in [0, 0.05) is 18.9 Å². The molecule has 2 N–H and O–H groups in total. The molecule has 1 aromatic rings. The van der Waals surface area contributed by atoms with Crippen molar-refractivity contribution in [2.75, 3.05) is 7.11 Å². The lowest BCUT2D eigenvalue weighted by Gasteiger charge is -2.18. The number of nitrogens with one attached hydrogen (secondary N) is 1. The van der Waals surface area contributed by atoms with Crippen molar-refractivity contribution in [3.8, 4) is 5.75 Å². The fourth-order valence-electron chi connectivity index (χ4n) is 2.34. The Morgan fingerprint density at radius 3 is 2.41 bits per heavy atom. The molecule has 0 aliphatic heterocycles. The standard InChI is InChI=1S/C17H25NO4/c1-4-13(14-6-8-15(22-3)9-7-14)11-16(19)18-12(2)5-10-17(20)21/h6-9,12-13H,4-5,10-11H2,1-3H3,(H,18,19)(H,20,21). The van der Waals surface area contributed by atoms with Crippen molar-refractivity contribution in [1.29, 1.82) is 0 Å². The lowest BCUT2D eigenvalue weighted by Crippen LogP contribution is -2.33. The van der Waals surface area contributed by atoms with Crippen LogP contribution in [0.15, 0.2) is 24.3 Å². The summed E-state index contributed by atoms with van der Waals surface area (Å²) in [5.41, 5.74) is 1.11. The van der Waals surface area contributed by atoms with Gasteiger partial charge in [0.15, 0.2) is 0 Å². The monoisotopic (exact) mass is 307 g/mol. The number of aliphatic carboxylic acids is 1. The summed E-state index contributed by atoms with van der Waals surface area (Å²) in [6.45, 7) is 3.88. The maximum absolute atomic E-state index is 12.1. The molecule has 5 heteroatoms. The van der Waals surface area contributed by atoms with E-state index in [1.54, 1.807) is 7.11 Å². The van der Waals surface area contributed by atoms with Gasteiger partial charge in [-0.05, 0) is 43.4 Å². The molecule has 1 aromatic carbocycles. The van der Waals surface area contributed by atoms with Crippen molar-refractivity contribution in [2.45, 2.75) is 51.5 Å². The van der Waals surface area contributed by atoms with Crippen LogP contribution in [0, 0.1) is 0 Å². The fraction of sp³-hybridized carbons (Fsp3) is 0.529. The summed E-state index contributed by atoms with van der Waals surface area (Å²) >= 11 is 0. The molecule has 22 heavy (non-hydrogen) atoms. The SMILES string of the molecule is CCC(CC(=O)NC(C)CCC(=O)O)c1ccc(OC)cc1. The quantitative estimate of drug-likeness (QED) is 0.735. The van der Waals surface area contributed by atoms with Crippen molar-refractivity contribution < 1.29 is 19.4 Å². The van der Waals surface area contributed by atoms with E-state index in [-0.39, 0.29) is 24.3 Å². The Hall–Kier alpha value is -2.04. The highest BCUT2D eigenvalue weighted by molar-refractivity contribution is 5.77. The van der Waals surface area contributed by atoms with Crippen LogP contribution in [0.5, 0.6) is 5.75 Å². The molecule has 0 bridgehead atoms. The second kappa shape index (κ2) is 9.07. The zero-order valence-corrected chi connectivity index (χ0v) is 13.5. The van der Waals surface area contributed by atoms with Crippen LogP contribution in [0.4, 0.5) is 0 Å². The van der Waals surface area contributed by atoms with Crippen LogP contribution in [0.25, 0.3) is 0 Å². The number of ether oxygens (including phenoxy) is 1. The van der Waals surface area contributed by atoms with Gasteiger partial charge in [0.2, 0.25) is 5.91 Å². The summed E-state index contributed by atoms with van der Waals surface area (Å²) in [6, 6.07) is 7.62. The second-order valence-corrected chi connectivity index (χ2v) is 5.48. The molecule has 0 spiro atoms. The molecule has 0 saturated carbocycles. The molecule has 0 aliphatic rings. The van der Waals surface area contributed by atoms with E-state index in [4.69, 9.17) is 9.84 Å². The molecule has 1 amide bonds. The first-order valence-corrected chi connectivity index (χ1v) is 7.61. The minimum Gasteiger partial charge on any atom is -0.497 e. The maximum Gasteiger partial charge on any atom is 0.303 e. The largest absolute Gasteiger partial charge is 0.497 e. The summed E-state index contributed by atoms with van der Waals surface area (Å²) < 4.78 is 5.14. The summed E-state index contributed by atoms with van der Waals surface area (Å²) in [5, 5.41) is 11.5. The third kappa shape index (κ3) is 6.16. The lowest BCUT2D eigenvalue weighted by atomic mass is 9.92. The molecule has 5 nitrogen and oxygen atoms in total. The van der Waals surface area contributed by atoms with Crippen molar-refractivity contribution >= 4 is 11.9 Å². The Bertz CT molecular complexity index is 484. The van der Waals surface area contributed by atoms with Gasteiger partial charge < -0.3 is 15.2 Å². The number of carboxylic acid groups (broad SMARTS) is 1. The number of benzene rings is 1. The van der Waals surface area contributed by atoms with E-state index in [0.717, 1.165) is 17.7 Å². The Labute approximate surface area is 131 Å². The van der Waals surface area contributed by atoms with Crippen LogP contribution >= 0.6 is 0 Å². The topological polar surface area (TPSA) is 75.6 Å². The molecule has 2 atom stereocenters. The van der Waals surface area contributed by atoms with Gasteiger partial charge in [-0.3, -0.25) is 9.59 Å². The Kier molecular flexibility index (Phi) is 7.43. The molecule has 0 aromatic heterocycles. The molecular formula is C17H25NO4. The predicted octanol–water partition coefficient (Wildman–Crippen LogP) is 2.95. The molecule has 0 fully saturated rings. The van der Waals surface area contributed by atoms with Gasteiger partial charge in [-0.2, -0.15) is 0 Å². The Morgan fingerprint density at radius 1 is 1.27 bits per heavy atom.